The van der Waals surface area contributed by atoms with Crippen molar-refractivity contribution in [3.63, 3.8) is 0 Å². The van der Waals surface area contributed by atoms with E-state index in [0.29, 0.717) is 12.4 Å². The molecule has 0 radical (unpaired) electrons. The number of aryl methyl sites for hydroxylation is 2. The van der Waals surface area contributed by atoms with Crippen molar-refractivity contribution in [2.24, 2.45) is 7.05 Å². The first-order chi connectivity index (χ1) is 11.5. The first kappa shape index (κ1) is 16.4. The number of nitrogens with one attached hydrogen (secondary N) is 1. The monoisotopic (exact) mass is 332 g/mol. The van der Waals surface area contributed by atoms with E-state index in [1.165, 1.54) is 12.3 Å². The van der Waals surface area contributed by atoms with E-state index in [0.717, 1.165) is 37.6 Å². The summed E-state index contributed by atoms with van der Waals surface area (Å²) in [5.74, 6) is 0.307. The third kappa shape index (κ3) is 3.88. The van der Waals surface area contributed by atoms with Crippen LogP contribution in [0.2, 0.25) is 0 Å². The SMILES string of the molecule is Cc1cc(NC(=O)CN2CCN(c3cncc(F)c3)CC2)n(C)n1. The van der Waals surface area contributed by atoms with Crippen LogP contribution in [0, 0.1) is 12.7 Å². The normalized spacial score (nSPS) is 15.5. The Hall–Kier alpha value is -2.48. The number of anilines is 2. The number of rotatable bonds is 4. The summed E-state index contributed by atoms with van der Waals surface area (Å²) in [6, 6.07) is 3.33. The molecule has 1 N–H and O–H groups in total. The minimum atomic E-state index is -0.333. The fraction of sp³-hybridized carbons (Fsp3) is 0.438. The lowest BCUT2D eigenvalue weighted by Crippen LogP contribution is -2.48. The van der Waals surface area contributed by atoms with Crippen LogP contribution in [0.1, 0.15) is 5.69 Å². The summed E-state index contributed by atoms with van der Waals surface area (Å²) in [5, 5.41) is 7.08. The van der Waals surface area contributed by atoms with Gasteiger partial charge in [0.15, 0.2) is 0 Å². The van der Waals surface area contributed by atoms with Gasteiger partial charge >= 0.3 is 0 Å². The van der Waals surface area contributed by atoms with Crippen molar-refractivity contribution < 1.29 is 9.18 Å². The number of hydrogen-bond donors (Lipinski definition) is 1. The maximum atomic E-state index is 13.3. The van der Waals surface area contributed by atoms with Crippen molar-refractivity contribution in [1.82, 2.24) is 19.7 Å². The molecule has 8 heteroatoms. The van der Waals surface area contributed by atoms with Gasteiger partial charge in [0.2, 0.25) is 5.91 Å². The number of nitrogens with zero attached hydrogens (tertiary/aromatic N) is 5. The second-order valence-electron chi connectivity index (χ2n) is 5.97. The van der Waals surface area contributed by atoms with Gasteiger partial charge in [-0.15, -0.1) is 0 Å². The van der Waals surface area contributed by atoms with E-state index in [4.69, 9.17) is 0 Å². The van der Waals surface area contributed by atoms with E-state index >= 15 is 0 Å². The Labute approximate surface area is 140 Å². The lowest BCUT2D eigenvalue weighted by atomic mass is 10.2. The van der Waals surface area contributed by atoms with E-state index in [1.807, 2.05) is 13.0 Å². The number of halogens is 1. The summed E-state index contributed by atoms with van der Waals surface area (Å²) in [5.41, 5.74) is 1.65. The second kappa shape index (κ2) is 6.96. The summed E-state index contributed by atoms with van der Waals surface area (Å²) < 4.78 is 14.9. The number of hydrogen-bond acceptors (Lipinski definition) is 5. The van der Waals surface area contributed by atoms with Gasteiger partial charge in [0.1, 0.15) is 11.6 Å². The number of piperazine rings is 1. The van der Waals surface area contributed by atoms with Crippen molar-refractivity contribution in [1.29, 1.82) is 0 Å². The molecule has 24 heavy (non-hydrogen) atoms. The van der Waals surface area contributed by atoms with E-state index in [1.54, 1.807) is 17.9 Å². The van der Waals surface area contributed by atoms with Gasteiger partial charge in [-0.2, -0.15) is 5.10 Å². The Morgan fingerprint density at radius 3 is 2.62 bits per heavy atom. The zero-order chi connectivity index (χ0) is 17.1. The van der Waals surface area contributed by atoms with Crippen LogP contribution in [-0.4, -0.2) is 58.3 Å². The third-order valence-corrected chi connectivity index (χ3v) is 4.06. The summed E-state index contributed by atoms with van der Waals surface area (Å²) >= 11 is 0. The highest BCUT2D eigenvalue weighted by Gasteiger charge is 2.20. The summed E-state index contributed by atoms with van der Waals surface area (Å²) in [6.07, 6.45) is 2.86. The Balaban J connectivity index is 1.50. The molecule has 0 saturated carbocycles. The average molecular weight is 332 g/mol. The lowest BCUT2D eigenvalue weighted by Gasteiger charge is -2.35. The zero-order valence-corrected chi connectivity index (χ0v) is 13.9. The highest BCUT2D eigenvalue weighted by Crippen LogP contribution is 2.16. The van der Waals surface area contributed by atoms with Crippen LogP contribution in [0.5, 0.6) is 0 Å². The van der Waals surface area contributed by atoms with Gasteiger partial charge in [0.05, 0.1) is 30.3 Å². The standard InChI is InChI=1S/C16H21FN6O/c1-12-7-15(21(2)20-12)19-16(24)11-22-3-5-23(6-4-22)14-8-13(17)9-18-10-14/h7-10H,3-6,11H2,1-2H3,(H,19,24). The summed E-state index contributed by atoms with van der Waals surface area (Å²) in [7, 11) is 1.80. The van der Waals surface area contributed by atoms with Crippen LogP contribution in [0.3, 0.4) is 0 Å². The highest BCUT2D eigenvalue weighted by atomic mass is 19.1. The minimum absolute atomic E-state index is 0.0566. The molecule has 0 unspecified atom stereocenters. The number of aromatic nitrogens is 3. The van der Waals surface area contributed by atoms with Crippen molar-refractivity contribution in [2.45, 2.75) is 6.92 Å². The van der Waals surface area contributed by atoms with E-state index in [2.05, 4.69) is 25.2 Å². The predicted molar refractivity (Wildman–Crippen MR) is 89.4 cm³/mol. The van der Waals surface area contributed by atoms with Gasteiger partial charge in [-0.25, -0.2) is 4.39 Å². The summed E-state index contributed by atoms with van der Waals surface area (Å²) in [6.45, 7) is 5.19. The van der Waals surface area contributed by atoms with Crippen molar-refractivity contribution in [3.8, 4) is 0 Å². The topological polar surface area (TPSA) is 66.3 Å². The Bertz CT molecular complexity index is 723. The first-order valence-electron chi connectivity index (χ1n) is 7.89. The van der Waals surface area contributed by atoms with Crippen LogP contribution in [0.4, 0.5) is 15.9 Å². The molecule has 3 rings (SSSR count). The number of carbonyl (C=O) groups is 1. The molecule has 0 spiro atoms. The number of pyridine rings is 1. The molecule has 1 aliphatic heterocycles. The largest absolute Gasteiger partial charge is 0.368 e. The molecule has 2 aromatic rings. The molecule has 128 valence electrons. The molecule has 0 aromatic carbocycles. The second-order valence-corrected chi connectivity index (χ2v) is 5.97. The number of amides is 1. The van der Waals surface area contributed by atoms with Crippen LogP contribution >= 0.6 is 0 Å². The van der Waals surface area contributed by atoms with E-state index in [9.17, 15) is 9.18 Å². The fourth-order valence-electron chi connectivity index (χ4n) is 2.85. The Morgan fingerprint density at radius 1 is 1.25 bits per heavy atom. The minimum Gasteiger partial charge on any atom is -0.368 e. The predicted octanol–water partition coefficient (Wildman–Crippen LogP) is 1.02. The molecular formula is C16H21FN6O. The average Bonchev–Trinajstić information content (AvgIpc) is 2.85. The molecule has 1 fully saturated rings. The van der Waals surface area contributed by atoms with Gasteiger partial charge < -0.3 is 10.2 Å². The molecule has 1 amide bonds. The van der Waals surface area contributed by atoms with Crippen molar-refractivity contribution in [2.75, 3.05) is 42.9 Å². The molecule has 0 bridgehead atoms. The lowest BCUT2D eigenvalue weighted by molar-refractivity contribution is -0.117. The fourth-order valence-corrected chi connectivity index (χ4v) is 2.85. The van der Waals surface area contributed by atoms with Gasteiger partial charge in [0.25, 0.3) is 0 Å². The molecule has 0 atom stereocenters. The maximum Gasteiger partial charge on any atom is 0.239 e. The van der Waals surface area contributed by atoms with Gasteiger partial charge in [0, 0.05) is 45.4 Å². The van der Waals surface area contributed by atoms with E-state index in [-0.39, 0.29) is 11.7 Å². The molecule has 2 aromatic heterocycles. The Kier molecular flexibility index (Phi) is 4.75. The quantitative estimate of drug-likeness (QED) is 0.906. The van der Waals surface area contributed by atoms with Gasteiger partial charge in [-0.3, -0.25) is 19.4 Å². The van der Waals surface area contributed by atoms with Gasteiger partial charge in [-0.1, -0.05) is 0 Å². The van der Waals surface area contributed by atoms with Gasteiger partial charge in [-0.05, 0) is 6.92 Å². The zero-order valence-electron chi connectivity index (χ0n) is 13.9. The smallest absolute Gasteiger partial charge is 0.239 e. The van der Waals surface area contributed by atoms with Crippen LogP contribution in [0.25, 0.3) is 0 Å². The van der Waals surface area contributed by atoms with Crippen molar-refractivity contribution in [3.05, 3.63) is 36.0 Å². The highest BCUT2D eigenvalue weighted by molar-refractivity contribution is 5.91. The molecule has 7 nitrogen and oxygen atoms in total. The molecular weight excluding hydrogens is 311 g/mol. The molecule has 1 aliphatic rings. The van der Waals surface area contributed by atoms with Crippen LogP contribution < -0.4 is 10.2 Å². The third-order valence-electron chi connectivity index (χ3n) is 4.06. The molecule has 0 aliphatic carbocycles. The molecule has 3 heterocycles. The maximum absolute atomic E-state index is 13.3. The number of carbonyl (C=O) groups excluding carboxylic acids is 1. The van der Waals surface area contributed by atoms with Crippen molar-refractivity contribution >= 4 is 17.4 Å². The molecule has 1 saturated heterocycles. The van der Waals surface area contributed by atoms with E-state index < -0.39 is 0 Å². The van der Waals surface area contributed by atoms with Crippen LogP contribution in [0.15, 0.2) is 24.5 Å². The Morgan fingerprint density at radius 2 is 2.00 bits per heavy atom. The summed E-state index contributed by atoms with van der Waals surface area (Å²) in [4.78, 5) is 20.2. The first-order valence-corrected chi connectivity index (χ1v) is 7.89. The van der Waals surface area contributed by atoms with Crippen LogP contribution in [-0.2, 0) is 11.8 Å².